The fraction of sp³-hybridized carbons (Fsp3) is 0.562. The summed E-state index contributed by atoms with van der Waals surface area (Å²) in [5.74, 6) is 0. The molecule has 0 bridgehead atoms. The van der Waals surface area contributed by atoms with Gasteiger partial charge in [0, 0.05) is 46.0 Å². The van der Waals surface area contributed by atoms with E-state index in [9.17, 15) is 4.79 Å². The Balaban J connectivity index is 2.53. The van der Waals surface area contributed by atoms with E-state index in [1.54, 1.807) is 11.9 Å². The lowest BCUT2D eigenvalue weighted by atomic mass is 10.2. The van der Waals surface area contributed by atoms with Crippen LogP contribution in [0.1, 0.15) is 25.3 Å². The van der Waals surface area contributed by atoms with Crippen molar-refractivity contribution in [3.05, 3.63) is 29.8 Å². The van der Waals surface area contributed by atoms with Crippen LogP contribution in [0.3, 0.4) is 0 Å². The third-order valence-electron chi connectivity index (χ3n) is 3.36. The molecular formula is C16H27N3O2. The van der Waals surface area contributed by atoms with E-state index in [-0.39, 0.29) is 18.7 Å². The van der Waals surface area contributed by atoms with Gasteiger partial charge in [-0.2, -0.15) is 0 Å². The van der Waals surface area contributed by atoms with Crippen LogP contribution in [-0.4, -0.2) is 49.8 Å². The molecule has 1 atom stereocenters. The molecule has 2 N–H and O–H groups in total. The van der Waals surface area contributed by atoms with Gasteiger partial charge in [0.05, 0.1) is 0 Å². The molecule has 0 fully saturated rings. The SMILES string of the molecule is CC(CCCO)NC(=O)N(C)Cc1cccc(N(C)C)c1. The number of nitrogens with one attached hydrogen (secondary N) is 1. The summed E-state index contributed by atoms with van der Waals surface area (Å²) < 4.78 is 0. The Bertz CT molecular complexity index is 449. The van der Waals surface area contributed by atoms with E-state index in [1.807, 2.05) is 44.1 Å². The summed E-state index contributed by atoms with van der Waals surface area (Å²) in [4.78, 5) is 15.8. The Morgan fingerprint density at radius 3 is 2.67 bits per heavy atom. The average molecular weight is 293 g/mol. The lowest BCUT2D eigenvalue weighted by Gasteiger charge is -2.22. The van der Waals surface area contributed by atoms with Gasteiger partial charge in [-0.25, -0.2) is 4.79 Å². The van der Waals surface area contributed by atoms with E-state index in [4.69, 9.17) is 5.11 Å². The fourth-order valence-electron chi connectivity index (χ4n) is 2.07. The van der Waals surface area contributed by atoms with Gasteiger partial charge in [-0.05, 0) is 37.5 Å². The summed E-state index contributed by atoms with van der Waals surface area (Å²) in [5, 5.41) is 11.7. The first-order valence-corrected chi connectivity index (χ1v) is 7.32. The first-order chi connectivity index (χ1) is 9.93. The van der Waals surface area contributed by atoms with Gasteiger partial charge in [-0.1, -0.05) is 12.1 Å². The minimum atomic E-state index is -0.0873. The molecule has 0 heterocycles. The highest BCUT2D eigenvalue weighted by molar-refractivity contribution is 5.74. The molecule has 0 saturated carbocycles. The van der Waals surface area contributed by atoms with Gasteiger partial charge in [0.2, 0.25) is 0 Å². The number of rotatable bonds is 7. The van der Waals surface area contributed by atoms with Crippen molar-refractivity contribution in [1.29, 1.82) is 0 Å². The number of hydrogen-bond donors (Lipinski definition) is 2. The van der Waals surface area contributed by atoms with Crippen LogP contribution in [0.15, 0.2) is 24.3 Å². The van der Waals surface area contributed by atoms with Crippen molar-refractivity contribution in [2.75, 3.05) is 32.6 Å². The van der Waals surface area contributed by atoms with Crippen molar-refractivity contribution >= 4 is 11.7 Å². The fourth-order valence-corrected chi connectivity index (χ4v) is 2.07. The molecule has 5 heteroatoms. The molecule has 1 aromatic rings. The van der Waals surface area contributed by atoms with Crippen LogP contribution in [0.5, 0.6) is 0 Å². The molecule has 1 unspecified atom stereocenters. The van der Waals surface area contributed by atoms with Gasteiger partial charge in [0.1, 0.15) is 0 Å². The zero-order chi connectivity index (χ0) is 15.8. The number of carbonyl (C=O) groups excluding carboxylic acids is 1. The first kappa shape index (κ1) is 17.3. The van der Waals surface area contributed by atoms with Crippen molar-refractivity contribution in [2.45, 2.75) is 32.4 Å². The maximum atomic E-state index is 12.1. The second kappa shape index (κ2) is 8.52. The first-order valence-electron chi connectivity index (χ1n) is 7.32. The molecular weight excluding hydrogens is 266 g/mol. The molecule has 0 spiro atoms. The van der Waals surface area contributed by atoms with Crippen LogP contribution in [0, 0.1) is 0 Å². The Labute approximate surface area is 127 Å². The Morgan fingerprint density at radius 2 is 2.05 bits per heavy atom. The number of amides is 2. The minimum absolute atomic E-state index is 0.0696. The number of benzene rings is 1. The number of carbonyl (C=O) groups is 1. The molecule has 2 amide bonds. The van der Waals surface area contributed by atoms with E-state index in [0.717, 1.165) is 17.7 Å². The summed E-state index contributed by atoms with van der Waals surface area (Å²) in [6.07, 6.45) is 1.49. The van der Waals surface area contributed by atoms with Crippen molar-refractivity contribution < 1.29 is 9.90 Å². The van der Waals surface area contributed by atoms with Crippen LogP contribution in [0.25, 0.3) is 0 Å². The monoisotopic (exact) mass is 293 g/mol. The topological polar surface area (TPSA) is 55.8 Å². The second-order valence-electron chi connectivity index (χ2n) is 5.64. The summed E-state index contributed by atoms with van der Waals surface area (Å²) in [6.45, 7) is 2.68. The molecule has 1 aromatic carbocycles. The molecule has 0 saturated heterocycles. The highest BCUT2D eigenvalue weighted by atomic mass is 16.3. The van der Waals surface area contributed by atoms with Gasteiger partial charge in [0.25, 0.3) is 0 Å². The Morgan fingerprint density at radius 1 is 1.33 bits per heavy atom. The highest BCUT2D eigenvalue weighted by Crippen LogP contribution is 2.14. The molecule has 21 heavy (non-hydrogen) atoms. The van der Waals surface area contributed by atoms with Crippen molar-refractivity contribution in [2.24, 2.45) is 0 Å². The summed E-state index contributed by atoms with van der Waals surface area (Å²) >= 11 is 0. The summed E-state index contributed by atoms with van der Waals surface area (Å²) in [6, 6.07) is 8.13. The van der Waals surface area contributed by atoms with Gasteiger partial charge >= 0.3 is 6.03 Å². The predicted molar refractivity (Wildman–Crippen MR) is 86.5 cm³/mol. The van der Waals surface area contributed by atoms with E-state index in [0.29, 0.717) is 13.0 Å². The number of hydrogen-bond acceptors (Lipinski definition) is 3. The average Bonchev–Trinajstić information content (AvgIpc) is 2.45. The maximum absolute atomic E-state index is 12.1. The van der Waals surface area contributed by atoms with Crippen LogP contribution in [-0.2, 0) is 6.54 Å². The Hall–Kier alpha value is -1.75. The molecule has 0 aromatic heterocycles. The quantitative estimate of drug-likeness (QED) is 0.809. The van der Waals surface area contributed by atoms with Gasteiger partial charge in [-0.15, -0.1) is 0 Å². The minimum Gasteiger partial charge on any atom is -0.396 e. The normalized spacial score (nSPS) is 11.9. The molecule has 0 aliphatic carbocycles. The number of urea groups is 1. The second-order valence-corrected chi connectivity index (χ2v) is 5.64. The maximum Gasteiger partial charge on any atom is 0.317 e. The smallest absolute Gasteiger partial charge is 0.317 e. The van der Waals surface area contributed by atoms with Gasteiger partial charge in [-0.3, -0.25) is 0 Å². The number of aliphatic hydroxyl groups is 1. The number of anilines is 1. The van der Waals surface area contributed by atoms with Crippen LogP contribution in [0.2, 0.25) is 0 Å². The van der Waals surface area contributed by atoms with Crippen molar-refractivity contribution in [3.8, 4) is 0 Å². The largest absolute Gasteiger partial charge is 0.396 e. The molecule has 0 aliphatic heterocycles. The van der Waals surface area contributed by atoms with Crippen molar-refractivity contribution in [1.82, 2.24) is 10.2 Å². The highest BCUT2D eigenvalue weighted by Gasteiger charge is 2.12. The van der Waals surface area contributed by atoms with Crippen LogP contribution >= 0.6 is 0 Å². The van der Waals surface area contributed by atoms with E-state index >= 15 is 0 Å². The molecule has 0 radical (unpaired) electrons. The molecule has 5 nitrogen and oxygen atoms in total. The molecule has 118 valence electrons. The van der Waals surface area contributed by atoms with Crippen molar-refractivity contribution in [3.63, 3.8) is 0 Å². The number of nitrogens with zero attached hydrogens (tertiary/aromatic N) is 2. The lowest BCUT2D eigenvalue weighted by Crippen LogP contribution is -2.41. The predicted octanol–water partition coefficient (Wildman–Crippen LogP) is 2.06. The summed E-state index contributed by atoms with van der Waals surface area (Å²) in [5.41, 5.74) is 2.22. The van der Waals surface area contributed by atoms with E-state index in [2.05, 4.69) is 11.4 Å². The third kappa shape index (κ3) is 6.04. The zero-order valence-electron chi connectivity index (χ0n) is 13.5. The van der Waals surface area contributed by atoms with E-state index < -0.39 is 0 Å². The Kier molecular flexibility index (Phi) is 7.02. The molecule has 1 rings (SSSR count). The van der Waals surface area contributed by atoms with Gasteiger partial charge < -0.3 is 20.2 Å². The van der Waals surface area contributed by atoms with Gasteiger partial charge in [0.15, 0.2) is 0 Å². The van der Waals surface area contributed by atoms with Crippen LogP contribution < -0.4 is 10.2 Å². The standard InChI is InChI=1S/C16H27N3O2/c1-13(7-6-10-20)17-16(21)19(4)12-14-8-5-9-15(11-14)18(2)3/h5,8-9,11,13,20H,6-7,10,12H2,1-4H3,(H,17,21). The lowest BCUT2D eigenvalue weighted by molar-refractivity contribution is 0.201. The molecule has 0 aliphatic rings. The summed E-state index contributed by atoms with van der Waals surface area (Å²) in [7, 11) is 5.78. The zero-order valence-corrected chi connectivity index (χ0v) is 13.5. The van der Waals surface area contributed by atoms with E-state index in [1.165, 1.54) is 0 Å². The number of aliphatic hydroxyl groups excluding tert-OH is 1. The van der Waals surface area contributed by atoms with Crippen LogP contribution in [0.4, 0.5) is 10.5 Å². The third-order valence-corrected chi connectivity index (χ3v) is 3.36.